The Morgan fingerprint density at radius 3 is 2.77 bits per heavy atom. The average molecular weight is 446 g/mol. The molecule has 1 saturated heterocycles. The Kier molecular flexibility index (Phi) is 5.86. The quantitative estimate of drug-likeness (QED) is 0.405. The molecule has 1 fully saturated rings. The summed E-state index contributed by atoms with van der Waals surface area (Å²) < 4.78 is 0. The molecule has 4 heterocycles. The van der Waals surface area contributed by atoms with E-state index in [1.54, 1.807) is 17.4 Å². The molecule has 1 atom stereocenters. The lowest BCUT2D eigenvalue weighted by atomic mass is 10.0. The van der Waals surface area contributed by atoms with Crippen LogP contribution in [0.15, 0.2) is 17.5 Å². The van der Waals surface area contributed by atoms with Gasteiger partial charge in [0.1, 0.15) is 0 Å². The first-order chi connectivity index (χ1) is 14.3. The standard InChI is InChI=1S/C21H23N3O4S2/c1-11(2)15-4-5-16(30-15)19(26)21(28)22-7-17-13-9-24(8-12(13)10-29-17)14-3-6-18(25)23-20(14)27/h4-5,10-11,14H,3,6-9H2,1-2H3,(H,22,28)(H,23,25,27). The third-order valence-electron chi connectivity index (χ3n) is 5.49. The molecule has 0 aliphatic carbocycles. The van der Waals surface area contributed by atoms with Crippen LogP contribution in [0.25, 0.3) is 0 Å². The third kappa shape index (κ3) is 4.10. The fourth-order valence-corrected chi connectivity index (χ4v) is 5.74. The molecule has 2 aromatic heterocycles. The molecule has 0 spiro atoms. The number of rotatable bonds is 6. The SMILES string of the molecule is CC(C)c1ccc(C(=O)C(=O)NCc2scc3c2CN(C2CCC(=O)NC2=O)C3)s1. The third-order valence-corrected chi connectivity index (χ3v) is 7.95. The van der Waals surface area contributed by atoms with Crippen molar-refractivity contribution in [2.45, 2.75) is 58.3 Å². The van der Waals surface area contributed by atoms with Crippen molar-refractivity contribution in [3.8, 4) is 0 Å². The van der Waals surface area contributed by atoms with Crippen molar-refractivity contribution in [3.05, 3.63) is 43.3 Å². The van der Waals surface area contributed by atoms with Crippen LogP contribution in [0, 0.1) is 0 Å². The van der Waals surface area contributed by atoms with E-state index in [-0.39, 0.29) is 24.4 Å². The maximum Gasteiger partial charge on any atom is 0.293 e. The van der Waals surface area contributed by atoms with Crippen LogP contribution in [0.3, 0.4) is 0 Å². The van der Waals surface area contributed by atoms with Gasteiger partial charge >= 0.3 is 0 Å². The van der Waals surface area contributed by atoms with Crippen LogP contribution in [0.5, 0.6) is 0 Å². The van der Waals surface area contributed by atoms with Crippen LogP contribution in [0.1, 0.15) is 63.2 Å². The van der Waals surface area contributed by atoms with Gasteiger partial charge in [0.25, 0.3) is 11.7 Å². The van der Waals surface area contributed by atoms with Crippen LogP contribution >= 0.6 is 22.7 Å². The highest BCUT2D eigenvalue weighted by molar-refractivity contribution is 7.15. The molecule has 0 saturated carbocycles. The highest BCUT2D eigenvalue weighted by atomic mass is 32.1. The monoisotopic (exact) mass is 445 g/mol. The van der Waals surface area contributed by atoms with Gasteiger partial charge in [0.05, 0.1) is 17.5 Å². The Morgan fingerprint density at radius 2 is 2.07 bits per heavy atom. The van der Waals surface area contributed by atoms with E-state index in [2.05, 4.69) is 29.4 Å². The summed E-state index contributed by atoms with van der Waals surface area (Å²) in [6.45, 7) is 5.65. The van der Waals surface area contributed by atoms with Gasteiger partial charge in [-0.05, 0) is 41.0 Å². The predicted octanol–water partition coefficient (Wildman–Crippen LogP) is 2.55. The summed E-state index contributed by atoms with van der Waals surface area (Å²) in [6.07, 6.45) is 0.879. The number of nitrogens with one attached hydrogen (secondary N) is 2. The van der Waals surface area contributed by atoms with Gasteiger partial charge in [-0.15, -0.1) is 22.7 Å². The lowest BCUT2D eigenvalue weighted by molar-refractivity contribution is -0.137. The van der Waals surface area contributed by atoms with Gasteiger partial charge in [-0.2, -0.15) is 0 Å². The van der Waals surface area contributed by atoms with Gasteiger partial charge in [0.15, 0.2) is 0 Å². The number of piperidine rings is 1. The molecule has 2 aromatic rings. The molecule has 2 aliphatic heterocycles. The number of ketones is 1. The van der Waals surface area contributed by atoms with Crippen molar-refractivity contribution in [1.29, 1.82) is 0 Å². The average Bonchev–Trinajstić information content (AvgIpc) is 3.41. The summed E-state index contributed by atoms with van der Waals surface area (Å²) in [5.74, 6) is -1.25. The number of carbonyl (C=O) groups excluding carboxylic acids is 4. The zero-order valence-corrected chi connectivity index (χ0v) is 18.5. The van der Waals surface area contributed by atoms with E-state index >= 15 is 0 Å². The molecule has 158 valence electrons. The summed E-state index contributed by atoms with van der Waals surface area (Å²) >= 11 is 2.92. The molecule has 2 aliphatic rings. The molecule has 0 radical (unpaired) electrons. The highest BCUT2D eigenvalue weighted by Gasteiger charge is 2.36. The predicted molar refractivity (Wildman–Crippen MR) is 114 cm³/mol. The lowest BCUT2D eigenvalue weighted by Gasteiger charge is -2.29. The van der Waals surface area contributed by atoms with Crippen molar-refractivity contribution in [2.75, 3.05) is 0 Å². The van der Waals surface area contributed by atoms with E-state index in [4.69, 9.17) is 0 Å². The summed E-state index contributed by atoms with van der Waals surface area (Å²) in [4.78, 5) is 52.9. The van der Waals surface area contributed by atoms with E-state index in [0.717, 1.165) is 20.9 Å². The maximum absolute atomic E-state index is 12.4. The van der Waals surface area contributed by atoms with Crippen LogP contribution in [0.2, 0.25) is 0 Å². The molecule has 0 aromatic carbocycles. The normalized spacial score (nSPS) is 19.1. The Morgan fingerprint density at radius 1 is 1.27 bits per heavy atom. The summed E-state index contributed by atoms with van der Waals surface area (Å²) in [5, 5.41) is 7.19. The van der Waals surface area contributed by atoms with Crippen LogP contribution in [-0.2, 0) is 34.0 Å². The largest absolute Gasteiger partial charge is 0.344 e. The second kappa shape index (κ2) is 8.41. The van der Waals surface area contributed by atoms with Crippen molar-refractivity contribution in [3.63, 3.8) is 0 Å². The number of nitrogens with zero attached hydrogens (tertiary/aromatic N) is 1. The van der Waals surface area contributed by atoms with Gasteiger partial charge in [0.2, 0.25) is 11.8 Å². The Hall–Kier alpha value is -2.36. The molecule has 9 heteroatoms. The first-order valence-electron chi connectivity index (χ1n) is 9.91. The zero-order chi connectivity index (χ0) is 21.4. The number of amides is 3. The number of hydrogen-bond acceptors (Lipinski definition) is 7. The summed E-state index contributed by atoms with van der Waals surface area (Å²) in [6, 6.07) is 3.30. The van der Waals surface area contributed by atoms with E-state index in [9.17, 15) is 19.2 Å². The summed E-state index contributed by atoms with van der Waals surface area (Å²) in [7, 11) is 0. The van der Waals surface area contributed by atoms with Gasteiger partial charge in [-0.25, -0.2) is 0 Å². The van der Waals surface area contributed by atoms with Crippen LogP contribution in [-0.4, -0.2) is 34.4 Å². The molecule has 1 unspecified atom stereocenters. The molecule has 30 heavy (non-hydrogen) atoms. The molecule has 2 N–H and O–H groups in total. The Bertz CT molecular complexity index is 1020. The van der Waals surface area contributed by atoms with Gasteiger partial charge < -0.3 is 5.32 Å². The molecule has 3 amide bonds. The zero-order valence-electron chi connectivity index (χ0n) is 16.8. The summed E-state index contributed by atoms with van der Waals surface area (Å²) in [5.41, 5.74) is 2.25. The molecule has 7 nitrogen and oxygen atoms in total. The smallest absolute Gasteiger partial charge is 0.293 e. The van der Waals surface area contributed by atoms with E-state index in [1.165, 1.54) is 11.3 Å². The minimum atomic E-state index is -0.602. The van der Waals surface area contributed by atoms with Gasteiger partial charge in [-0.3, -0.25) is 29.4 Å². The minimum Gasteiger partial charge on any atom is -0.344 e. The van der Waals surface area contributed by atoms with Gasteiger partial charge in [-0.1, -0.05) is 13.8 Å². The second-order valence-electron chi connectivity index (χ2n) is 7.90. The number of thiophene rings is 2. The molecule has 0 bridgehead atoms. The van der Waals surface area contributed by atoms with Gasteiger partial charge in [0, 0.05) is 29.3 Å². The topological polar surface area (TPSA) is 95.6 Å². The number of fused-ring (bicyclic) bond motifs is 1. The van der Waals surface area contributed by atoms with E-state index in [0.29, 0.717) is 36.7 Å². The number of hydrogen-bond donors (Lipinski definition) is 2. The highest BCUT2D eigenvalue weighted by Crippen LogP contribution is 2.33. The van der Waals surface area contributed by atoms with Crippen molar-refractivity contribution in [2.24, 2.45) is 0 Å². The minimum absolute atomic E-state index is 0.219. The van der Waals surface area contributed by atoms with E-state index < -0.39 is 11.7 Å². The fraction of sp³-hybridized carbons (Fsp3) is 0.429. The van der Waals surface area contributed by atoms with Crippen LogP contribution in [0.4, 0.5) is 0 Å². The number of Topliss-reactive ketones (excluding diaryl/α,β-unsaturated/α-hetero) is 1. The van der Waals surface area contributed by atoms with Crippen molar-refractivity contribution >= 4 is 46.2 Å². The molecular weight excluding hydrogens is 422 g/mol. The Labute approximate surface area is 182 Å². The Balaban J connectivity index is 1.36. The number of carbonyl (C=O) groups is 4. The molecule has 4 rings (SSSR count). The number of imide groups is 1. The lowest BCUT2D eigenvalue weighted by Crippen LogP contribution is -2.50. The first kappa shape index (κ1) is 20.9. The molecular formula is C21H23N3O4S2. The fourth-order valence-electron chi connectivity index (χ4n) is 3.80. The van der Waals surface area contributed by atoms with E-state index in [1.807, 2.05) is 11.4 Å². The van der Waals surface area contributed by atoms with Crippen molar-refractivity contribution in [1.82, 2.24) is 15.5 Å². The van der Waals surface area contributed by atoms with Crippen molar-refractivity contribution < 1.29 is 19.2 Å². The maximum atomic E-state index is 12.4. The van der Waals surface area contributed by atoms with Crippen LogP contribution < -0.4 is 10.6 Å². The first-order valence-corrected chi connectivity index (χ1v) is 11.6. The second-order valence-corrected chi connectivity index (χ2v) is 9.98.